The molecule has 0 atom stereocenters. The number of para-hydroxylation sites is 1. The highest BCUT2D eigenvalue weighted by molar-refractivity contribution is 14.1. The Morgan fingerprint density at radius 3 is 2.44 bits per heavy atom. The maximum Gasteiger partial charge on any atom is 0.148 e. The molecule has 2 aromatic carbocycles. The Labute approximate surface area is 107 Å². The fraction of sp³-hybridized carbons (Fsp3) is 0. The van der Waals surface area contributed by atoms with Crippen LogP contribution in [0.1, 0.15) is 5.56 Å². The number of aliphatic imine (C=N–C) groups is 1. The van der Waals surface area contributed by atoms with Crippen LogP contribution in [0.4, 0.5) is 10.1 Å². The third-order valence-electron chi connectivity index (χ3n) is 2.10. The average Bonchev–Trinajstić information content (AvgIpc) is 2.30. The van der Waals surface area contributed by atoms with Gasteiger partial charge in [0, 0.05) is 15.3 Å². The fourth-order valence-corrected chi connectivity index (χ4v) is 1.80. The molecule has 0 N–H and O–H groups in total. The van der Waals surface area contributed by atoms with Gasteiger partial charge in [-0.2, -0.15) is 0 Å². The van der Waals surface area contributed by atoms with Crippen molar-refractivity contribution in [2.24, 2.45) is 4.99 Å². The number of hydrogen-bond donors (Lipinski definition) is 0. The van der Waals surface area contributed by atoms with Crippen LogP contribution in [0.3, 0.4) is 0 Å². The highest BCUT2D eigenvalue weighted by Gasteiger charge is 1.97. The van der Waals surface area contributed by atoms with E-state index in [-0.39, 0.29) is 5.82 Å². The van der Waals surface area contributed by atoms with E-state index in [9.17, 15) is 4.39 Å². The summed E-state index contributed by atoms with van der Waals surface area (Å²) in [6.45, 7) is 0. The maximum atomic E-state index is 13.3. The van der Waals surface area contributed by atoms with Crippen molar-refractivity contribution >= 4 is 34.5 Å². The summed E-state index contributed by atoms with van der Waals surface area (Å²) >= 11 is 2.23. The number of halogens is 2. The van der Waals surface area contributed by atoms with Crippen molar-refractivity contribution in [3.63, 3.8) is 0 Å². The summed E-state index contributed by atoms with van der Waals surface area (Å²) < 4.78 is 14.4. The first kappa shape index (κ1) is 11.3. The molecule has 80 valence electrons. The quantitative estimate of drug-likeness (QED) is 0.580. The van der Waals surface area contributed by atoms with E-state index >= 15 is 0 Å². The van der Waals surface area contributed by atoms with Gasteiger partial charge in [-0.1, -0.05) is 30.3 Å². The number of rotatable bonds is 2. The zero-order valence-corrected chi connectivity index (χ0v) is 10.6. The molecule has 0 unspecified atom stereocenters. The van der Waals surface area contributed by atoms with Gasteiger partial charge in [0.25, 0.3) is 0 Å². The van der Waals surface area contributed by atoms with E-state index in [2.05, 4.69) is 27.6 Å². The smallest absolute Gasteiger partial charge is 0.148 e. The molecule has 0 aliphatic heterocycles. The topological polar surface area (TPSA) is 12.4 Å². The molecule has 0 saturated carbocycles. The van der Waals surface area contributed by atoms with E-state index < -0.39 is 0 Å². The SMILES string of the molecule is Fc1ccccc1N=Cc1ccccc1I. The molecular formula is C13H9FIN. The van der Waals surface area contributed by atoms with Gasteiger partial charge in [-0.05, 0) is 40.8 Å². The minimum atomic E-state index is -0.301. The Morgan fingerprint density at radius 1 is 1.00 bits per heavy atom. The van der Waals surface area contributed by atoms with Crippen molar-refractivity contribution in [1.29, 1.82) is 0 Å². The van der Waals surface area contributed by atoms with Gasteiger partial charge in [-0.3, -0.25) is 4.99 Å². The van der Waals surface area contributed by atoms with Gasteiger partial charge in [0.05, 0.1) is 5.69 Å². The predicted molar refractivity (Wildman–Crippen MR) is 72.8 cm³/mol. The summed E-state index contributed by atoms with van der Waals surface area (Å²) in [6.07, 6.45) is 1.68. The van der Waals surface area contributed by atoms with E-state index in [1.165, 1.54) is 6.07 Å². The molecular weight excluding hydrogens is 316 g/mol. The summed E-state index contributed by atoms with van der Waals surface area (Å²) in [5.41, 5.74) is 1.36. The molecule has 16 heavy (non-hydrogen) atoms. The predicted octanol–water partition coefficient (Wildman–Crippen LogP) is 4.18. The van der Waals surface area contributed by atoms with E-state index in [0.29, 0.717) is 5.69 Å². The van der Waals surface area contributed by atoms with Crippen molar-refractivity contribution in [2.45, 2.75) is 0 Å². The van der Waals surface area contributed by atoms with Gasteiger partial charge in [0.2, 0.25) is 0 Å². The number of nitrogens with zero attached hydrogens (tertiary/aromatic N) is 1. The second-order valence-corrected chi connectivity index (χ2v) is 4.39. The molecule has 1 nitrogen and oxygen atoms in total. The highest BCUT2D eigenvalue weighted by atomic mass is 127. The van der Waals surface area contributed by atoms with Gasteiger partial charge in [0.1, 0.15) is 5.82 Å². The van der Waals surface area contributed by atoms with Gasteiger partial charge >= 0.3 is 0 Å². The third kappa shape index (κ3) is 2.66. The summed E-state index contributed by atoms with van der Waals surface area (Å²) in [7, 11) is 0. The summed E-state index contributed by atoms with van der Waals surface area (Å²) in [6, 6.07) is 14.3. The van der Waals surface area contributed by atoms with Crippen LogP contribution in [0.15, 0.2) is 53.5 Å². The molecule has 2 rings (SSSR count). The summed E-state index contributed by atoms with van der Waals surface area (Å²) in [4.78, 5) is 4.13. The molecule has 0 bridgehead atoms. The van der Waals surface area contributed by atoms with Gasteiger partial charge in [0.15, 0.2) is 0 Å². The Kier molecular flexibility index (Phi) is 3.66. The second kappa shape index (κ2) is 5.21. The molecule has 0 spiro atoms. The first-order valence-corrected chi connectivity index (χ1v) is 5.88. The Bertz CT molecular complexity index is 475. The zero-order valence-electron chi connectivity index (χ0n) is 8.40. The van der Waals surface area contributed by atoms with Crippen molar-refractivity contribution in [2.75, 3.05) is 0 Å². The largest absolute Gasteiger partial charge is 0.253 e. The van der Waals surface area contributed by atoms with Crippen LogP contribution in [0.2, 0.25) is 0 Å². The maximum absolute atomic E-state index is 13.3. The minimum Gasteiger partial charge on any atom is -0.253 e. The normalized spacial score (nSPS) is 10.9. The molecule has 0 saturated heterocycles. The van der Waals surface area contributed by atoms with Crippen molar-refractivity contribution in [3.8, 4) is 0 Å². The third-order valence-corrected chi connectivity index (χ3v) is 3.08. The minimum absolute atomic E-state index is 0.301. The van der Waals surface area contributed by atoms with E-state index in [0.717, 1.165) is 9.13 Å². The molecule has 0 heterocycles. The molecule has 0 radical (unpaired) electrons. The number of benzene rings is 2. The Morgan fingerprint density at radius 2 is 1.69 bits per heavy atom. The number of hydrogen-bond acceptors (Lipinski definition) is 1. The molecule has 0 aromatic heterocycles. The first-order chi connectivity index (χ1) is 7.77. The van der Waals surface area contributed by atoms with Crippen LogP contribution in [0, 0.1) is 9.39 Å². The second-order valence-electron chi connectivity index (χ2n) is 3.23. The lowest BCUT2D eigenvalue weighted by molar-refractivity contribution is 0.630. The lowest BCUT2D eigenvalue weighted by Crippen LogP contribution is -1.85. The lowest BCUT2D eigenvalue weighted by atomic mass is 10.2. The Hall–Kier alpha value is -1.23. The van der Waals surface area contributed by atoms with Crippen LogP contribution in [0.25, 0.3) is 0 Å². The molecule has 0 aliphatic rings. The summed E-state index contributed by atoms with van der Waals surface area (Å²) in [5.74, 6) is -0.301. The van der Waals surface area contributed by atoms with Crippen LogP contribution >= 0.6 is 22.6 Å². The van der Waals surface area contributed by atoms with Gasteiger partial charge in [-0.15, -0.1) is 0 Å². The fourth-order valence-electron chi connectivity index (χ4n) is 1.28. The standard InChI is InChI=1S/C13H9FIN/c14-11-6-2-4-8-13(11)16-9-10-5-1-3-7-12(10)15/h1-9H. The van der Waals surface area contributed by atoms with Crippen molar-refractivity contribution < 1.29 is 4.39 Å². The van der Waals surface area contributed by atoms with Crippen LogP contribution in [-0.2, 0) is 0 Å². The molecule has 0 aliphatic carbocycles. The summed E-state index contributed by atoms with van der Waals surface area (Å²) in [5, 5.41) is 0. The average molecular weight is 325 g/mol. The first-order valence-electron chi connectivity index (χ1n) is 4.80. The molecule has 2 aromatic rings. The zero-order chi connectivity index (χ0) is 11.4. The monoisotopic (exact) mass is 325 g/mol. The van der Waals surface area contributed by atoms with Gasteiger partial charge in [-0.25, -0.2) is 4.39 Å². The molecule has 0 fully saturated rings. The van der Waals surface area contributed by atoms with E-state index in [1.54, 1.807) is 24.4 Å². The van der Waals surface area contributed by atoms with E-state index in [4.69, 9.17) is 0 Å². The van der Waals surface area contributed by atoms with Crippen LogP contribution in [-0.4, -0.2) is 6.21 Å². The van der Waals surface area contributed by atoms with Gasteiger partial charge < -0.3 is 0 Å². The van der Waals surface area contributed by atoms with Crippen molar-refractivity contribution in [1.82, 2.24) is 0 Å². The lowest BCUT2D eigenvalue weighted by Gasteiger charge is -1.97. The van der Waals surface area contributed by atoms with E-state index in [1.807, 2.05) is 24.3 Å². The van der Waals surface area contributed by atoms with Crippen molar-refractivity contribution in [3.05, 3.63) is 63.5 Å². The Balaban J connectivity index is 2.29. The molecule has 3 heteroatoms. The van der Waals surface area contributed by atoms with Crippen LogP contribution < -0.4 is 0 Å². The van der Waals surface area contributed by atoms with Crippen LogP contribution in [0.5, 0.6) is 0 Å². The highest BCUT2D eigenvalue weighted by Crippen LogP contribution is 2.17. The molecule has 0 amide bonds.